The van der Waals surface area contributed by atoms with Crippen LogP contribution in [0.3, 0.4) is 0 Å². The monoisotopic (exact) mass is 335 g/mol. The van der Waals surface area contributed by atoms with Crippen molar-refractivity contribution in [1.82, 2.24) is 24.6 Å². The maximum absolute atomic E-state index is 13.4. The Kier molecular flexibility index (Phi) is 3.20. The molecule has 128 valence electrons. The van der Waals surface area contributed by atoms with Crippen molar-refractivity contribution in [2.45, 2.75) is 44.2 Å². The van der Waals surface area contributed by atoms with Crippen molar-refractivity contribution in [2.75, 3.05) is 0 Å². The van der Waals surface area contributed by atoms with Crippen LogP contribution in [0.25, 0.3) is 10.9 Å². The van der Waals surface area contributed by atoms with Crippen LogP contribution in [-0.2, 0) is 19.9 Å². The van der Waals surface area contributed by atoms with Gasteiger partial charge in [-0.2, -0.15) is 5.10 Å². The van der Waals surface area contributed by atoms with Crippen LogP contribution in [0.1, 0.15) is 41.0 Å². The Hall–Kier alpha value is -2.63. The number of pyridine rings is 1. The second kappa shape index (κ2) is 5.44. The molecule has 1 fully saturated rings. The first-order valence-electron chi connectivity index (χ1n) is 8.96. The summed E-state index contributed by atoms with van der Waals surface area (Å²) < 4.78 is 2.04. The molecule has 5 rings (SSSR count). The fourth-order valence-electron chi connectivity index (χ4n) is 4.11. The highest BCUT2D eigenvalue weighted by Crippen LogP contribution is 2.35. The van der Waals surface area contributed by atoms with E-state index in [0.29, 0.717) is 11.7 Å². The minimum atomic E-state index is 0.0799. The van der Waals surface area contributed by atoms with Crippen molar-refractivity contribution in [3.8, 4) is 0 Å². The summed E-state index contributed by atoms with van der Waals surface area (Å²) in [5.74, 6) is 0.0799. The normalized spacial score (nSPS) is 19.8. The average molecular weight is 335 g/mol. The van der Waals surface area contributed by atoms with E-state index in [9.17, 15) is 4.79 Å². The molecule has 0 aliphatic heterocycles. The third kappa shape index (κ3) is 2.35. The summed E-state index contributed by atoms with van der Waals surface area (Å²) in [5.41, 5.74) is 4.11. The van der Waals surface area contributed by atoms with Crippen LogP contribution in [0.5, 0.6) is 0 Å². The molecule has 1 saturated carbocycles. The SMILES string of the molecule is Cn1ccc2c(C(=O)N(C3CC3)C3CCc4[nH]ncc4C3)nccc21. The number of hydrogen-bond acceptors (Lipinski definition) is 3. The van der Waals surface area contributed by atoms with Gasteiger partial charge in [0.2, 0.25) is 0 Å². The number of hydrogen-bond donors (Lipinski definition) is 1. The van der Waals surface area contributed by atoms with Gasteiger partial charge in [0.1, 0.15) is 5.69 Å². The minimum absolute atomic E-state index is 0.0799. The number of aromatic nitrogens is 4. The Morgan fingerprint density at radius 3 is 3.00 bits per heavy atom. The predicted molar refractivity (Wildman–Crippen MR) is 94.3 cm³/mol. The molecule has 0 radical (unpaired) electrons. The van der Waals surface area contributed by atoms with Crippen molar-refractivity contribution >= 4 is 16.8 Å². The third-order valence-corrected chi connectivity index (χ3v) is 5.57. The summed E-state index contributed by atoms with van der Waals surface area (Å²) in [5, 5.41) is 8.19. The number of H-pyrrole nitrogens is 1. The molecular formula is C19H21N5O. The zero-order valence-corrected chi connectivity index (χ0v) is 14.3. The highest BCUT2D eigenvalue weighted by atomic mass is 16.2. The largest absolute Gasteiger partial charge is 0.350 e. The van der Waals surface area contributed by atoms with Gasteiger partial charge in [0.15, 0.2) is 0 Å². The van der Waals surface area contributed by atoms with Crippen LogP contribution in [-0.4, -0.2) is 42.6 Å². The Balaban J connectivity index is 1.51. The van der Waals surface area contributed by atoms with E-state index in [1.807, 2.05) is 36.1 Å². The highest BCUT2D eigenvalue weighted by molar-refractivity contribution is 6.05. The molecule has 1 atom stereocenters. The molecular weight excluding hydrogens is 314 g/mol. The van der Waals surface area contributed by atoms with E-state index in [2.05, 4.69) is 20.1 Å². The molecule has 0 saturated heterocycles. The summed E-state index contributed by atoms with van der Waals surface area (Å²) in [4.78, 5) is 20.0. The van der Waals surface area contributed by atoms with E-state index < -0.39 is 0 Å². The summed E-state index contributed by atoms with van der Waals surface area (Å²) in [7, 11) is 2.00. The van der Waals surface area contributed by atoms with Gasteiger partial charge in [-0.3, -0.25) is 14.9 Å². The van der Waals surface area contributed by atoms with Gasteiger partial charge in [-0.15, -0.1) is 0 Å². The number of aryl methyl sites for hydroxylation is 2. The second-order valence-electron chi connectivity index (χ2n) is 7.23. The van der Waals surface area contributed by atoms with E-state index in [4.69, 9.17) is 0 Å². The standard InChI is InChI=1S/C19H21N5O/c1-23-9-7-15-17(23)6-8-20-18(15)19(25)24(13-2-3-13)14-4-5-16-12(10-14)11-21-22-16/h6-9,11,13-14H,2-5,10H2,1H3,(H,21,22). The lowest BCUT2D eigenvalue weighted by atomic mass is 9.92. The number of carbonyl (C=O) groups is 1. The lowest BCUT2D eigenvalue weighted by Crippen LogP contribution is -2.45. The first-order valence-corrected chi connectivity index (χ1v) is 8.96. The Morgan fingerprint density at radius 1 is 1.28 bits per heavy atom. The molecule has 6 nitrogen and oxygen atoms in total. The zero-order valence-electron chi connectivity index (χ0n) is 14.3. The minimum Gasteiger partial charge on any atom is -0.350 e. The first-order chi connectivity index (χ1) is 12.2. The van der Waals surface area contributed by atoms with Crippen molar-refractivity contribution in [3.05, 3.63) is 47.7 Å². The highest BCUT2D eigenvalue weighted by Gasteiger charge is 2.40. The van der Waals surface area contributed by atoms with Gasteiger partial charge in [0, 0.05) is 42.6 Å². The molecule has 1 N–H and O–H groups in total. The van der Waals surface area contributed by atoms with Crippen molar-refractivity contribution in [1.29, 1.82) is 0 Å². The Labute approximate surface area is 145 Å². The quantitative estimate of drug-likeness (QED) is 0.799. The average Bonchev–Trinajstić information content (AvgIpc) is 3.22. The Morgan fingerprint density at radius 2 is 2.16 bits per heavy atom. The molecule has 6 heteroatoms. The maximum atomic E-state index is 13.4. The number of nitrogens with one attached hydrogen (secondary N) is 1. The van der Waals surface area contributed by atoms with Gasteiger partial charge >= 0.3 is 0 Å². The molecule has 25 heavy (non-hydrogen) atoms. The van der Waals surface area contributed by atoms with Gasteiger partial charge in [0.05, 0.1) is 11.7 Å². The second-order valence-corrected chi connectivity index (χ2v) is 7.23. The molecule has 0 bridgehead atoms. The number of carbonyl (C=O) groups excluding carboxylic acids is 1. The molecule has 0 aromatic carbocycles. The predicted octanol–water partition coefficient (Wildman–Crippen LogP) is 2.46. The molecule has 2 aliphatic carbocycles. The van der Waals surface area contributed by atoms with E-state index in [1.165, 1.54) is 11.3 Å². The Bertz CT molecular complexity index is 952. The van der Waals surface area contributed by atoms with Crippen molar-refractivity contribution in [3.63, 3.8) is 0 Å². The van der Waals surface area contributed by atoms with E-state index in [0.717, 1.165) is 43.0 Å². The summed E-state index contributed by atoms with van der Waals surface area (Å²) in [6.07, 6.45) is 10.7. The number of fused-ring (bicyclic) bond motifs is 2. The first kappa shape index (κ1) is 14.7. The molecule has 2 aliphatic rings. The van der Waals surface area contributed by atoms with Crippen molar-refractivity contribution in [2.24, 2.45) is 7.05 Å². The lowest BCUT2D eigenvalue weighted by molar-refractivity contribution is 0.0639. The van der Waals surface area contributed by atoms with Gasteiger partial charge in [-0.05, 0) is 49.8 Å². The lowest BCUT2D eigenvalue weighted by Gasteiger charge is -2.34. The van der Waals surface area contributed by atoms with E-state index >= 15 is 0 Å². The fourth-order valence-corrected chi connectivity index (χ4v) is 4.11. The van der Waals surface area contributed by atoms with Crippen LogP contribution in [0, 0.1) is 0 Å². The summed E-state index contributed by atoms with van der Waals surface area (Å²) in [6.45, 7) is 0. The zero-order chi connectivity index (χ0) is 17.0. The van der Waals surface area contributed by atoms with Crippen LogP contribution in [0.2, 0.25) is 0 Å². The van der Waals surface area contributed by atoms with Crippen LogP contribution >= 0.6 is 0 Å². The van der Waals surface area contributed by atoms with Crippen LogP contribution in [0.4, 0.5) is 0 Å². The van der Waals surface area contributed by atoms with Crippen molar-refractivity contribution < 1.29 is 4.79 Å². The number of amides is 1. The van der Waals surface area contributed by atoms with Crippen LogP contribution in [0.15, 0.2) is 30.7 Å². The van der Waals surface area contributed by atoms with Gasteiger partial charge in [-0.1, -0.05) is 0 Å². The van der Waals surface area contributed by atoms with E-state index in [1.54, 1.807) is 6.20 Å². The number of aromatic amines is 1. The number of rotatable bonds is 3. The molecule has 3 aromatic heterocycles. The topological polar surface area (TPSA) is 66.8 Å². The number of nitrogens with zero attached hydrogens (tertiary/aromatic N) is 4. The van der Waals surface area contributed by atoms with Gasteiger partial charge < -0.3 is 9.47 Å². The van der Waals surface area contributed by atoms with Crippen LogP contribution < -0.4 is 0 Å². The third-order valence-electron chi connectivity index (χ3n) is 5.57. The fraction of sp³-hybridized carbons (Fsp3) is 0.421. The maximum Gasteiger partial charge on any atom is 0.273 e. The molecule has 1 unspecified atom stereocenters. The molecule has 0 spiro atoms. The van der Waals surface area contributed by atoms with E-state index in [-0.39, 0.29) is 11.9 Å². The van der Waals surface area contributed by atoms with Gasteiger partial charge in [-0.25, -0.2) is 0 Å². The summed E-state index contributed by atoms with van der Waals surface area (Å²) >= 11 is 0. The molecule has 3 heterocycles. The van der Waals surface area contributed by atoms with Gasteiger partial charge in [0.25, 0.3) is 5.91 Å². The summed E-state index contributed by atoms with van der Waals surface area (Å²) in [6, 6.07) is 4.57. The molecule has 1 amide bonds. The smallest absolute Gasteiger partial charge is 0.273 e. The molecule has 3 aromatic rings.